The van der Waals surface area contributed by atoms with Crippen molar-refractivity contribution in [2.45, 2.75) is 37.2 Å². The number of anilines is 2. The van der Waals surface area contributed by atoms with Gasteiger partial charge in [0.15, 0.2) is 20.6 Å². The average Bonchev–Trinajstić information content (AvgIpc) is 2.88. The van der Waals surface area contributed by atoms with Gasteiger partial charge in [-0.25, -0.2) is 13.1 Å². The smallest absolute Gasteiger partial charge is 0.182 e. The quantitative estimate of drug-likeness (QED) is 0.803. The predicted molar refractivity (Wildman–Crippen MR) is 62.1 cm³/mol. The lowest BCUT2D eigenvalue weighted by molar-refractivity contribution is 0.602. The predicted octanol–water partition coefficient (Wildman–Crippen LogP) is 0.463. The summed E-state index contributed by atoms with van der Waals surface area (Å²) in [5.41, 5.74) is 5.78. The van der Waals surface area contributed by atoms with Crippen molar-refractivity contribution in [2.75, 3.05) is 17.3 Å². The van der Waals surface area contributed by atoms with Crippen molar-refractivity contribution in [3.8, 4) is 0 Å². The number of nitrogens with zero attached hydrogens (tertiary/aromatic N) is 2. The van der Waals surface area contributed by atoms with Crippen LogP contribution in [0.4, 0.5) is 11.6 Å². The Balaban J connectivity index is 2.48. The van der Waals surface area contributed by atoms with Gasteiger partial charge >= 0.3 is 0 Å². The maximum atomic E-state index is 11.6. The molecule has 0 spiro atoms. The molecule has 16 heavy (non-hydrogen) atoms. The summed E-state index contributed by atoms with van der Waals surface area (Å²) in [5.74, 6) is 0.609. The second kappa shape index (κ2) is 3.65. The monoisotopic (exact) mass is 244 g/mol. The minimum Gasteiger partial charge on any atom is -0.383 e. The molecule has 1 aliphatic carbocycles. The molecule has 1 aliphatic rings. The Labute approximate surface area is 94.7 Å². The van der Waals surface area contributed by atoms with Crippen LogP contribution in [-0.2, 0) is 16.4 Å². The van der Waals surface area contributed by atoms with Crippen LogP contribution < -0.4 is 11.1 Å². The van der Waals surface area contributed by atoms with Crippen LogP contribution in [0.3, 0.4) is 0 Å². The molecular weight excluding hydrogens is 228 g/mol. The standard InChI is InChI=1S/C9H16N4O2S/c1-3-13-8(10)7(16(2,14)15)9(12-13)11-6-4-5-6/h6H,3-5,10H2,1-2H3,(H,11,12). The fourth-order valence-corrected chi connectivity index (χ4v) is 2.52. The summed E-state index contributed by atoms with van der Waals surface area (Å²) >= 11 is 0. The highest BCUT2D eigenvalue weighted by Crippen LogP contribution is 2.31. The summed E-state index contributed by atoms with van der Waals surface area (Å²) in [4.78, 5) is 0.126. The van der Waals surface area contributed by atoms with Gasteiger partial charge in [0.05, 0.1) is 0 Å². The maximum absolute atomic E-state index is 11.6. The second-order valence-corrected chi connectivity index (χ2v) is 6.02. The van der Waals surface area contributed by atoms with E-state index in [1.807, 2.05) is 6.92 Å². The Hall–Kier alpha value is -1.24. The van der Waals surface area contributed by atoms with Crippen LogP contribution in [0.2, 0.25) is 0 Å². The Bertz CT molecular complexity index is 502. The summed E-state index contributed by atoms with van der Waals surface area (Å²) < 4.78 is 24.8. The van der Waals surface area contributed by atoms with Crippen molar-refractivity contribution in [3.05, 3.63) is 0 Å². The number of aromatic nitrogens is 2. The van der Waals surface area contributed by atoms with Crippen LogP contribution >= 0.6 is 0 Å². The maximum Gasteiger partial charge on any atom is 0.182 e. The molecule has 1 saturated carbocycles. The van der Waals surface area contributed by atoms with E-state index in [-0.39, 0.29) is 10.7 Å². The van der Waals surface area contributed by atoms with Gasteiger partial charge in [0.1, 0.15) is 5.82 Å². The molecule has 0 aliphatic heterocycles. The van der Waals surface area contributed by atoms with Crippen LogP contribution in [0.15, 0.2) is 4.90 Å². The summed E-state index contributed by atoms with van der Waals surface area (Å²) in [7, 11) is -3.34. The Kier molecular flexibility index (Phi) is 2.57. The first kappa shape index (κ1) is 11.3. The molecule has 0 aromatic carbocycles. The van der Waals surface area contributed by atoms with E-state index in [0.29, 0.717) is 18.4 Å². The fourth-order valence-electron chi connectivity index (χ4n) is 1.58. The van der Waals surface area contributed by atoms with E-state index in [1.54, 1.807) is 0 Å². The Morgan fingerprint density at radius 3 is 2.62 bits per heavy atom. The molecule has 2 rings (SSSR count). The highest BCUT2D eigenvalue weighted by atomic mass is 32.2. The Morgan fingerprint density at radius 1 is 1.56 bits per heavy atom. The van der Waals surface area contributed by atoms with Crippen molar-refractivity contribution in [1.82, 2.24) is 9.78 Å². The average molecular weight is 244 g/mol. The van der Waals surface area contributed by atoms with Gasteiger partial charge in [-0.3, -0.25) is 0 Å². The largest absolute Gasteiger partial charge is 0.383 e. The first-order chi connectivity index (χ1) is 7.43. The molecule has 0 unspecified atom stereocenters. The van der Waals surface area contributed by atoms with Crippen LogP contribution in [-0.4, -0.2) is 30.5 Å². The fraction of sp³-hybridized carbons (Fsp3) is 0.667. The van der Waals surface area contributed by atoms with Crippen molar-refractivity contribution in [2.24, 2.45) is 0 Å². The SMILES string of the molecule is CCn1nc(NC2CC2)c(S(C)(=O)=O)c1N. The zero-order valence-electron chi connectivity index (χ0n) is 9.40. The molecule has 0 bridgehead atoms. The van der Waals surface area contributed by atoms with E-state index in [1.165, 1.54) is 4.68 Å². The summed E-state index contributed by atoms with van der Waals surface area (Å²) in [5, 5.41) is 7.27. The van der Waals surface area contributed by atoms with Gasteiger partial charge in [-0.2, -0.15) is 5.10 Å². The van der Waals surface area contributed by atoms with Gasteiger partial charge in [0.25, 0.3) is 0 Å². The first-order valence-corrected chi connectivity index (χ1v) is 7.15. The van der Waals surface area contributed by atoms with Gasteiger partial charge in [0, 0.05) is 18.8 Å². The highest BCUT2D eigenvalue weighted by Gasteiger charge is 2.28. The van der Waals surface area contributed by atoms with Gasteiger partial charge in [-0.1, -0.05) is 0 Å². The second-order valence-electron chi connectivity index (χ2n) is 4.07. The molecule has 6 nitrogen and oxygen atoms in total. The highest BCUT2D eigenvalue weighted by molar-refractivity contribution is 7.91. The minimum atomic E-state index is -3.34. The first-order valence-electron chi connectivity index (χ1n) is 5.26. The van der Waals surface area contributed by atoms with Crippen LogP contribution in [0, 0.1) is 0 Å². The summed E-state index contributed by atoms with van der Waals surface area (Å²) in [6.45, 7) is 2.43. The minimum absolute atomic E-state index is 0.126. The van der Waals surface area contributed by atoms with Gasteiger partial charge < -0.3 is 11.1 Å². The molecule has 7 heteroatoms. The van der Waals surface area contributed by atoms with Crippen molar-refractivity contribution < 1.29 is 8.42 Å². The van der Waals surface area contributed by atoms with Crippen LogP contribution in [0.1, 0.15) is 19.8 Å². The molecule has 1 aromatic heterocycles. The van der Waals surface area contributed by atoms with E-state index < -0.39 is 9.84 Å². The van der Waals surface area contributed by atoms with Crippen LogP contribution in [0.25, 0.3) is 0 Å². The van der Waals surface area contributed by atoms with Gasteiger partial charge in [0.2, 0.25) is 0 Å². The van der Waals surface area contributed by atoms with Crippen molar-refractivity contribution in [1.29, 1.82) is 0 Å². The zero-order valence-corrected chi connectivity index (χ0v) is 10.2. The van der Waals surface area contributed by atoms with Crippen molar-refractivity contribution >= 4 is 21.5 Å². The lowest BCUT2D eigenvalue weighted by Gasteiger charge is -2.02. The summed E-state index contributed by atoms with van der Waals surface area (Å²) in [6.07, 6.45) is 3.27. The number of rotatable bonds is 4. The van der Waals surface area contributed by atoms with E-state index in [4.69, 9.17) is 5.73 Å². The number of hydrogen-bond acceptors (Lipinski definition) is 5. The number of hydrogen-bond donors (Lipinski definition) is 2. The molecular formula is C9H16N4O2S. The number of nitrogens with one attached hydrogen (secondary N) is 1. The molecule has 1 heterocycles. The molecule has 90 valence electrons. The zero-order chi connectivity index (χ0) is 11.9. The normalized spacial score (nSPS) is 16.4. The lowest BCUT2D eigenvalue weighted by Crippen LogP contribution is -2.08. The molecule has 0 atom stereocenters. The topological polar surface area (TPSA) is 90.0 Å². The van der Waals surface area contributed by atoms with Gasteiger partial charge in [-0.15, -0.1) is 0 Å². The number of sulfone groups is 1. The van der Waals surface area contributed by atoms with E-state index >= 15 is 0 Å². The third-order valence-electron chi connectivity index (χ3n) is 2.54. The molecule has 3 N–H and O–H groups in total. The van der Waals surface area contributed by atoms with E-state index in [0.717, 1.165) is 19.1 Å². The lowest BCUT2D eigenvalue weighted by atomic mass is 10.5. The van der Waals surface area contributed by atoms with E-state index in [2.05, 4.69) is 10.4 Å². The molecule has 1 fully saturated rings. The van der Waals surface area contributed by atoms with Crippen molar-refractivity contribution in [3.63, 3.8) is 0 Å². The molecule has 0 saturated heterocycles. The number of nitrogen functional groups attached to an aromatic ring is 1. The molecule has 0 radical (unpaired) electrons. The van der Waals surface area contributed by atoms with E-state index in [9.17, 15) is 8.42 Å². The van der Waals surface area contributed by atoms with Crippen LogP contribution in [0.5, 0.6) is 0 Å². The number of aryl methyl sites for hydroxylation is 1. The molecule has 0 amide bonds. The molecule has 1 aromatic rings. The third kappa shape index (κ3) is 1.99. The number of nitrogens with two attached hydrogens (primary N) is 1. The third-order valence-corrected chi connectivity index (χ3v) is 3.68. The summed E-state index contributed by atoms with van der Waals surface area (Å²) in [6, 6.07) is 0.347. The van der Waals surface area contributed by atoms with Gasteiger partial charge in [-0.05, 0) is 19.8 Å². The Morgan fingerprint density at radius 2 is 2.19 bits per heavy atom.